The van der Waals surface area contributed by atoms with E-state index in [1.165, 1.54) is 6.07 Å². The molecule has 1 atom stereocenters. The third-order valence-electron chi connectivity index (χ3n) is 3.42. The van der Waals surface area contributed by atoms with E-state index in [0.717, 1.165) is 17.7 Å². The normalized spacial score (nSPS) is 12.2. The van der Waals surface area contributed by atoms with Crippen molar-refractivity contribution in [3.63, 3.8) is 0 Å². The summed E-state index contributed by atoms with van der Waals surface area (Å²) in [5, 5.41) is 0. The van der Waals surface area contributed by atoms with Crippen LogP contribution in [0.3, 0.4) is 0 Å². The summed E-state index contributed by atoms with van der Waals surface area (Å²) in [5.41, 5.74) is 8.61. The highest BCUT2D eigenvalue weighted by Crippen LogP contribution is 2.29. The monoisotopic (exact) mass is 272 g/mol. The summed E-state index contributed by atoms with van der Waals surface area (Å²) in [6, 6.07) is 15.0. The van der Waals surface area contributed by atoms with Gasteiger partial charge >= 0.3 is 0 Å². The van der Waals surface area contributed by atoms with Gasteiger partial charge in [0.05, 0.1) is 5.69 Å². The number of hydrogen-bond donors (Lipinski definition) is 1. The fourth-order valence-corrected chi connectivity index (χ4v) is 2.39. The standard InChI is InChI=1S/C17H21FN2/c1-3-20(12-14-8-5-4-6-9-14)17-15(13(2)19)10-7-11-16(17)18/h4-11,13H,3,12,19H2,1-2H3. The van der Waals surface area contributed by atoms with Gasteiger partial charge in [-0.05, 0) is 31.0 Å². The zero-order valence-electron chi connectivity index (χ0n) is 12.0. The van der Waals surface area contributed by atoms with Gasteiger partial charge in [-0.1, -0.05) is 42.5 Å². The lowest BCUT2D eigenvalue weighted by atomic mass is 10.0. The van der Waals surface area contributed by atoms with E-state index >= 15 is 0 Å². The lowest BCUT2D eigenvalue weighted by Gasteiger charge is -2.27. The molecule has 20 heavy (non-hydrogen) atoms. The van der Waals surface area contributed by atoms with Gasteiger partial charge in [-0.2, -0.15) is 0 Å². The van der Waals surface area contributed by atoms with Crippen molar-refractivity contribution in [3.05, 3.63) is 65.5 Å². The van der Waals surface area contributed by atoms with E-state index in [-0.39, 0.29) is 11.9 Å². The van der Waals surface area contributed by atoms with Crippen LogP contribution in [0, 0.1) is 5.82 Å². The minimum absolute atomic E-state index is 0.189. The molecule has 2 N–H and O–H groups in total. The highest BCUT2D eigenvalue weighted by Gasteiger charge is 2.17. The van der Waals surface area contributed by atoms with Crippen molar-refractivity contribution in [1.82, 2.24) is 0 Å². The minimum Gasteiger partial charge on any atom is -0.365 e. The summed E-state index contributed by atoms with van der Waals surface area (Å²) in [4.78, 5) is 2.03. The second kappa shape index (κ2) is 6.53. The molecule has 2 aromatic carbocycles. The number of halogens is 1. The molecule has 0 amide bonds. The predicted molar refractivity (Wildman–Crippen MR) is 82.2 cm³/mol. The number of nitrogens with two attached hydrogens (primary N) is 1. The molecule has 0 fully saturated rings. The summed E-state index contributed by atoms with van der Waals surface area (Å²) in [6.07, 6.45) is 0. The number of nitrogens with zero attached hydrogens (tertiary/aromatic N) is 1. The van der Waals surface area contributed by atoms with Gasteiger partial charge in [-0.25, -0.2) is 4.39 Å². The SMILES string of the molecule is CCN(Cc1ccccc1)c1c(F)cccc1C(C)N. The van der Waals surface area contributed by atoms with Crippen LogP contribution in [0.5, 0.6) is 0 Å². The van der Waals surface area contributed by atoms with E-state index in [4.69, 9.17) is 5.73 Å². The van der Waals surface area contributed by atoms with Crippen molar-refractivity contribution in [2.45, 2.75) is 26.4 Å². The Hall–Kier alpha value is -1.87. The van der Waals surface area contributed by atoms with Crippen molar-refractivity contribution in [2.75, 3.05) is 11.4 Å². The highest BCUT2D eigenvalue weighted by molar-refractivity contribution is 5.56. The second-order valence-corrected chi connectivity index (χ2v) is 4.97. The Labute approximate surface area is 120 Å². The Balaban J connectivity index is 2.37. The molecule has 0 aromatic heterocycles. The van der Waals surface area contributed by atoms with Gasteiger partial charge in [0.15, 0.2) is 0 Å². The topological polar surface area (TPSA) is 29.3 Å². The molecule has 0 aliphatic carbocycles. The smallest absolute Gasteiger partial charge is 0.146 e. The van der Waals surface area contributed by atoms with Crippen molar-refractivity contribution in [2.24, 2.45) is 5.73 Å². The Morgan fingerprint density at radius 3 is 2.40 bits per heavy atom. The molecule has 106 valence electrons. The molecule has 1 unspecified atom stereocenters. The lowest BCUT2D eigenvalue weighted by Crippen LogP contribution is -2.25. The quantitative estimate of drug-likeness (QED) is 0.895. The first-order valence-corrected chi connectivity index (χ1v) is 6.96. The maximum atomic E-state index is 14.3. The van der Waals surface area contributed by atoms with Crippen LogP contribution in [0.25, 0.3) is 0 Å². The molecular formula is C17H21FN2. The Morgan fingerprint density at radius 1 is 1.10 bits per heavy atom. The van der Waals surface area contributed by atoms with Gasteiger partial charge < -0.3 is 10.6 Å². The van der Waals surface area contributed by atoms with Crippen molar-refractivity contribution < 1.29 is 4.39 Å². The van der Waals surface area contributed by atoms with Gasteiger partial charge in [0.1, 0.15) is 5.82 Å². The number of rotatable bonds is 5. The zero-order chi connectivity index (χ0) is 14.5. The first kappa shape index (κ1) is 14.5. The molecule has 0 bridgehead atoms. The Bertz CT molecular complexity index is 552. The zero-order valence-corrected chi connectivity index (χ0v) is 12.0. The van der Waals surface area contributed by atoms with Crippen molar-refractivity contribution in [1.29, 1.82) is 0 Å². The average molecular weight is 272 g/mol. The molecule has 0 heterocycles. The molecule has 0 saturated carbocycles. The van der Waals surface area contributed by atoms with Crippen LogP contribution in [-0.2, 0) is 6.54 Å². The lowest BCUT2D eigenvalue weighted by molar-refractivity contribution is 0.611. The van der Waals surface area contributed by atoms with E-state index in [0.29, 0.717) is 12.2 Å². The largest absolute Gasteiger partial charge is 0.365 e. The van der Waals surface area contributed by atoms with Gasteiger partial charge in [0, 0.05) is 19.1 Å². The van der Waals surface area contributed by atoms with Crippen LogP contribution in [0.2, 0.25) is 0 Å². The highest BCUT2D eigenvalue weighted by atomic mass is 19.1. The first-order chi connectivity index (χ1) is 9.63. The molecule has 2 aromatic rings. The number of hydrogen-bond acceptors (Lipinski definition) is 2. The molecule has 3 heteroatoms. The van der Waals surface area contributed by atoms with Crippen LogP contribution in [-0.4, -0.2) is 6.54 Å². The average Bonchev–Trinajstić information content (AvgIpc) is 2.46. The van der Waals surface area contributed by atoms with Crippen LogP contribution in [0.1, 0.15) is 31.0 Å². The number of anilines is 1. The van der Waals surface area contributed by atoms with Crippen LogP contribution >= 0.6 is 0 Å². The van der Waals surface area contributed by atoms with Crippen molar-refractivity contribution in [3.8, 4) is 0 Å². The Morgan fingerprint density at radius 2 is 1.80 bits per heavy atom. The summed E-state index contributed by atoms with van der Waals surface area (Å²) >= 11 is 0. The number of benzene rings is 2. The van der Waals surface area contributed by atoms with Crippen LogP contribution < -0.4 is 10.6 Å². The first-order valence-electron chi connectivity index (χ1n) is 6.96. The molecule has 2 rings (SSSR count). The molecule has 0 aliphatic heterocycles. The summed E-state index contributed by atoms with van der Waals surface area (Å²) in [7, 11) is 0. The van der Waals surface area contributed by atoms with Gasteiger partial charge in [-0.15, -0.1) is 0 Å². The molecular weight excluding hydrogens is 251 g/mol. The van der Waals surface area contributed by atoms with Gasteiger partial charge in [-0.3, -0.25) is 0 Å². The van der Waals surface area contributed by atoms with Crippen molar-refractivity contribution >= 4 is 5.69 Å². The van der Waals surface area contributed by atoms with E-state index in [1.54, 1.807) is 6.07 Å². The molecule has 0 saturated heterocycles. The van der Waals surface area contributed by atoms with Gasteiger partial charge in [0.2, 0.25) is 0 Å². The van der Waals surface area contributed by atoms with Crippen LogP contribution in [0.15, 0.2) is 48.5 Å². The second-order valence-electron chi connectivity index (χ2n) is 4.97. The molecule has 0 radical (unpaired) electrons. The molecule has 0 spiro atoms. The summed E-state index contributed by atoms with van der Waals surface area (Å²) in [5.74, 6) is -0.211. The third kappa shape index (κ3) is 3.17. The van der Waals surface area contributed by atoms with Gasteiger partial charge in [0.25, 0.3) is 0 Å². The maximum absolute atomic E-state index is 14.3. The Kier molecular flexibility index (Phi) is 4.74. The van der Waals surface area contributed by atoms with E-state index in [1.807, 2.05) is 43.0 Å². The molecule has 0 aliphatic rings. The summed E-state index contributed by atoms with van der Waals surface area (Å²) in [6.45, 7) is 5.32. The van der Waals surface area contributed by atoms with E-state index in [2.05, 4.69) is 12.1 Å². The number of para-hydroxylation sites is 1. The maximum Gasteiger partial charge on any atom is 0.146 e. The van der Waals surface area contributed by atoms with Crippen LogP contribution in [0.4, 0.5) is 10.1 Å². The fraction of sp³-hybridized carbons (Fsp3) is 0.294. The summed E-state index contributed by atoms with van der Waals surface area (Å²) < 4.78 is 14.3. The predicted octanol–water partition coefficient (Wildman–Crippen LogP) is 3.87. The fourth-order valence-electron chi connectivity index (χ4n) is 2.39. The van der Waals surface area contributed by atoms with E-state index < -0.39 is 0 Å². The molecule has 2 nitrogen and oxygen atoms in total. The third-order valence-corrected chi connectivity index (χ3v) is 3.42. The van der Waals surface area contributed by atoms with E-state index in [9.17, 15) is 4.39 Å². The minimum atomic E-state index is -0.211.